The topological polar surface area (TPSA) is 51.2 Å². The monoisotopic (exact) mass is 444 g/mol. The fourth-order valence-electron chi connectivity index (χ4n) is 2.49. The summed E-state index contributed by atoms with van der Waals surface area (Å²) in [6, 6.07) is 16.1. The molecule has 0 spiro atoms. The van der Waals surface area contributed by atoms with Crippen LogP contribution in [0.1, 0.15) is 28.8 Å². The molecule has 0 aliphatic heterocycles. The number of anilines is 1. The summed E-state index contributed by atoms with van der Waals surface area (Å²) in [4.78, 5) is 17.5. The molecule has 3 aromatic rings. The molecule has 0 fully saturated rings. The highest BCUT2D eigenvalue weighted by Crippen LogP contribution is 2.22. The van der Waals surface area contributed by atoms with Crippen LogP contribution in [-0.2, 0) is 11.2 Å². The van der Waals surface area contributed by atoms with Gasteiger partial charge in [0.2, 0.25) is 5.91 Å². The summed E-state index contributed by atoms with van der Waals surface area (Å²) in [7, 11) is 0. The predicted molar refractivity (Wildman–Crippen MR) is 114 cm³/mol. The van der Waals surface area contributed by atoms with Crippen molar-refractivity contribution in [2.75, 3.05) is 11.9 Å². The van der Waals surface area contributed by atoms with Gasteiger partial charge in [0, 0.05) is 28.4 Å². The molecule has 0 unspecified atom stereocenters. The van der Waals surface area contributed by atoms with E-state index in [-0.39, 0.29) is 5.91 Å². The standard InChI is InChI=1S/C21H21BrN2O2S/c1-15-4-6-16(7-5-15)13-19-14-23-21(27-19)24-20(25)3-2-12-26-18-10-8-17(22)9-11-18/h4-11,14H,2-3,12-13H2,1H3,(H,23,24,25). The number of hydrogen-bond donors (Lipinski definition) is 1. The highest BCUT2D eigenvalue weighted by atomic mass is 79.9. The van der Waals surface area contributed by atoms with Gasteiger partial charge < -0.3 is 10.1 Å². The van der Waals surface area contributed by atoms with Crippen molar-refractivity contribution in [1.82, 2.24) is 4.98 Å². The highest BCUT2D eigenvalue weighted by Gasteiger charge is 2.07. The summed E-state index contributed by atoms with van der Waals surface area (Å²) < 4.78 is 6.64. The lowest BCUT2D eigenvalue weighted by atomic mass is 10.1. The van der Waals surface area contributed by atoms with Crippen molar-refractivity contribution in [3.63, 3.8) is 0 Å². The van der Waals surface area contributed by atoms with E-state index in [4.69, 9.17) is 4.74 Å². The first-order valence-corrected chi connectivity index (χ1v) is 10.4. The van der Waals surface area contributed by atoms with Crippen LogP contribution >= 0.6 is 27.3 Å². The third-order valence-electron chi connectivity index (χ3n) is 3.93. The first-order valence-electron chi connectivity index (χ1n) is 8.77. The number of nitrogens with one attached hydrogen (secondary N) is 1. The number of carbonyl (C=O) groups excluding carboxylic acids is 1. The first-order chi connectivity index (χ1) is 13.1. The van der Waals surface area contributed by atoms with E-state index in [0.29, 0.717) is 24.6 Å². The van der Waals surface area contributed by atoms with Crippen molar-refractivity contribution in [1.29, 1.82) is 0 Å². The lowest BCUT2D eigenvalue weighted by molar-refractivity contribution is -0.116. The SMILES string of the molecule is Cc1ccc(Cc2cnc(NC(=O)CCCOc3ccc(Br)cc3)s2)cc1. The lowest BCUT2D eigenvalue weighted by Crippen LogP contribution is -2.12. The molecule has 1 heterocycles. The summed E-state index contributed by atoms with van der Waals surface area (Å²) in [5.74, 6) is 0.768. The molecule has 0 bridgehead atoms. The predicted octanol–water partition coefficient (Wildman–Crippen LogP) is 5.60. The first kappa shape index (κ1) is 19.6. The second kappa shape index (κ2) is 9.67. The van der Waals surface area contributed by atoms with Gasteiger partial charge in [-0.1, -0.05) is 45.8 Å². The van der Waals surface area contributed by atoms with Crippen LogP contribution in [0.25, 0.3) is 0 Å². The second-order valence-corrected chi connectivity index (χ2v) is 8.28. The van der Waals surface area contributed by atoms with E-state index in [1.165, 1.54) is 22.5 Å². The van der Waals surface area contributed by atoms with Crippen LogP contribution in [0.2, 0.25) is 0 Å². The third-order valence-corrected chi connectivity index (χ3v) is 5.37. The molecular formula is C21H21BrN2O2S. The number of hydrogen-bond acceptors (Lipinski definition) is 4. The number of thiazole rings is 1. The van der Waals surface area contributed by atoms with Gasteiger partial charge in [-0.2, -0.15) is 0 Å². The Hall–Kier alpha value is -2.18. The zero-order valence-corrected chi connectivity index (χ0v) is 17.5. The number of ether oxygens (including phenoxy) is 1. The van der Waals surface area contributed by atoms with E-state index < -0.39 is 0 Å². The van der Waals surface area contributed by atoms with Crippen molar-refractivity contribution in [3.8, 4) is 5.75 Å². The normalized spacial score (nSPS) is 10.6. The number of aryl methyl sites for hydroxylation is 1. The van der Waals surface area contributed by atoms with Crippen LogP contribution in [0.3, 0.4) is 0 Å². The minimum absolute atomic E-state index is 0.0364. The van der Waals surface area contributed by atoms with E-state index in [1.807, 2.05) is 30.5 Å². The maximum Gasteiger partial charge on any atom is 0.226 e. The number of halogens is 1. The molecule has 0 saturated heterocycles. The van der Waals surface area contributed by atoms with Crippen molar-refractivity contribution in [2.24, 2.45) is 0 Å². The number of carbonyl (C=O) groups is 1. The van der Waals surface area contributed by atoms with E-state index in [0.717, 1.165) is 21.5 Å². The van der Waals surface area contributed by atoms with E-state index >= 15 is 0 Å². The maximum atomic E-state index is 12.1. The van der Waals surface area contributed by atoms with Gasteiger partial charge >= 0.3 is 0 Å². The fraction of sp³-hybridized carbons (Fsp3) is 0.238. The Labute approximate surface area is 171 Å². The van der Waals surface area contributed by atoms with Crippen molar-refractivity contribution < 1.29 is 9.53 Å². The molecule has 1 aromatic heterocycles. The van der Waals surface area contributed by atoms with Crippen molar-refractivity contribution in [3.05, 3.63) is 75.2 Å². The van der Waals surface area contributed by atoms with Crippen LogP contribution < -0.4 is 10.1 Å². The Bertz CT molecular complexity index is 876. The molecule has 27 heavy (non-hydrogen) atoms. The Morgan fingerprint density at radius 3 is 2.63 bits per heavy atom. The number of benzene rings is 2. The maximum absolute atomic E-state index is 12.1. The Morgan fingerprint density at radius 2 is 1.89 bits per heavy atom. The average Bonchev–Trinajstić information content (AvgIpc) is 3.09. The molecule has 4 nitrogen and oxygen atoms in total. The molecule has 0 aliphatic rings. The third kappa shape index (κ3) is 6.48. The number of nitrogens with zero attached hydrogens (tertiary/aromatic N) is 1. The molecule has 0 radical (unpaired) electrons. The molecule has 2 aromatic carbocycles. The molecule has 1 N–H and O–H groups in total. The van der Waals surface area contributed by atoms with Crippen LogP contribution in [0.4, 0.5) is 5.13 Å². The van der Waals surface area contributed by atoms with Gasteiger partial charge in [-0.25, -0.2) is 4.98 Å². The molecule has 0 saturated carbocycles. The number of amides is 1. The van der Waals surface area contributed by atoms with E-state index in [9.17, 15) is 4.79 Å². The van der Waals surface area contributed by atoms with Crippen LogP contribution in [-0.4, -0.2) is 17.5 Å². The smallest absolute Gasteiger partial charge is 0.226 e. The van der Waals surface area contributed by atoms with Crippen LogP contribution in [0.5, 0.6) is 5.75 Å². The quantitative estimate of drug-likeness (QED) is 0.459. The summed E-state index contributed by atoms with van der Waals surface area (Å²) in [6.45, 7) is 2.58. The molecule has 1 amide bonds. The summed E-state index contributed by atoms with van der Waals surface area (Å²) in [6.07, 6.45) is 3.72. The average molecular weight is 445 g/mol. The minimum atomic E-state index is -0.0364. The van der Waals surface area contributed by atoms with E-state index in [1.54, 1.807) is 0 Å². The van der Waals surface area contributed by atoms with Gasteiger partial charge in [-0.05, 0) is 43.2 Å². The van der Waals surface area contributed by atoms with Gasteiger partial charge in [0.05, 0.1) is 6.61 Å². The zero-order chi connectivity index (χ0) is 19.1. The highest BCUT2D eigenvalue weighted by molar-refractivity contribution is 9.10. The largest absolute Gasteiger partial charge is 0.494 e. The summed E-state index contributed by atoms with van der Waals surface area (Å²) in [5, 5.41) is 3.52. The molecule has 0 atom stereocenters. The summed E-state index contributed by atoms with van der Waals surface area (Å²) >= 11 is 4.91. The number of aromatic nitrogens is 1. The van der Waals surface area contributed by atoms with Gasteiger partial charge in [0.1, 0.15) is 5.75 Å². The Balaban J connectivity index is 1.39. The summed E-state index contributed by atoms with van der Waals surface area (Å²) in [5.41, 5.74) is 2.49. The van der Waals surface area contributed by atoms with Gasteiger partial charge in [-0.3, -0.25) is 4.79 Å². The second-order valence-electron chi connectivity index (χ2n) is 6.25. The number of rotatable bonds is 8. The van der Waals surface area contributed by atoms with Crippen LogP contribution in [0.15, 0.2) is 59.2 Å². The molecule has 0 aliphatic carbocycles. The zero-order valence-electron chi connectivity index (χ0n) is 15.1. The van der Waals surface area contributed by atoms with Crippen LogP contribution in [0, 0.1) is 6.92 Å². The van der Waals surface area contributed by atoms with Crippen molar-refractivity contribution in [2.45, 2.75) is 26.2 Å². The molecule has 3 rings (SSSR count). The van der Waals surface area contributed by atoms with E-state index in [2.05, 4.69) is 57.4 Å². The van der Waals surface area contributed by atoms with Gasteiger partial charge in [0.25, 0.3) is 0 Å². The molecule has 140 valence electrons. The van der Waals surface area contributed by atoms with Gasteiger partial charge in [0.15, 0.2) is 5.13 Å². The van der Waals surface area contributed by atoms with Crippen molar-refractivity contribution >= 4 is 38.3 Å². The minimum Gasteiger partial charge on any atom is -0.494 e. The fourth-order valence-corrected chi connectivity index (χ4v) is 3.62. The lowest BCUT2D eigenvalue weighted by Gasteiger charge is -2.06. The molecular weight excluding hydrogens is 424 g/mol. The Kier molecular flexibility index (Phi) is 7.01. The van der Waals surface area contributed by atoms with Gasteiger partial charge in [-0.15, -0.1) is 11.3 Å². The molecule has 6 heteroatoms. The Morgan fingerprint density at radius 1 is 1.15 bits per heavy atom.